The van der Waals surface area contributed by atoms with Crippen molar-refractivity contribution in [2.24, 2.45) is 5.41 Å². The molecule has 82 valence electrons. The molecule has 0 spiro atoms. The van der Waals surface area contributed by atoms with E-state index in [0.717, 1.165) is 0 Å². The Labute approximate surface area is 87.4 Å². The van der Waals surface area contributed by atoms with Gasteiger partial charge in [-0.2, -0.15) is 0 Å². The minimum absolute atomic E-state index is 0.349. The summed E-state index contributed by atoms with van der Waals surface area (Å²) in [6, 6.07) is 1.18. The van der Waals surface area contributed by atoms with Crippen LogP contribution in [0, 0.1) is 5.41 Å². The van der Waals surface area contributed by atoms with Crippen LogP contribution in [-0.4, -0.2) is 24.3 Å². The van der Waals surface area contributed by atoms with Crippen molar-refractivity contribution in [3.8, 4) is 0 Å². The normalized spacial score (nSPS) is 39.0. The van der Waals surface area contributed by atoms with Crippen molar-refractivity contribution < 1.29 is 4.74 Å². The summed E-state index contributed by atoms with van der Waals surface area (Å²) in [5.41, 5.74) is 0.349. The second kappa shape index (κ2) is 3.49. The third kappa shape index (κ3) is 1.96. The number of hydrogen-bond acceptors (Lipinski definition) is 2. The molecule has 2 bridgehead atoms. The highest BCUT2D eigenvalue weighted by Gasteiger charge is 2.41. The van der Waals surface area contributed by atoms with Crippen molar-refractivity contribution in [2.75, 3.05) is 0 Å². The highest BCUT2D eigenvalue weighted by atomic mass is 16.5. The molecule has 4 atom stereocenters. The van der Waals surface area contributed by atoms with Gasteiger partial charge in [0.25, 0.3) is 0 Å². The lowest BCUT2D eigenvalue weighted by atomic mass is 9.86. The molecule has 0 aromatic rings. The Morgan fingerprint density at radius 1 is 1.29 bits per heavy atom. The molecule has 2 nitrogen and oxygen atoms in total. The lowest BCUT2D eigenvalue weighted by molar-refractivity contribution is 0.0934. The zero-order valence-electron chi connectivity index (χ0n) is 9.84. The minimum atomic E-state index is 0.349. The first kappa shape index (κ1) is 10.4. The highest BCUT2D eigenvalue weighted by molar-refractivity contribution is 4.96. The Morgan fingerprint density at radius 2 is 2.00 bits per heavy atom. The van der Waals surface area contributed by atoms with Crippen molar-refractivity contribution in [1.29, 1.82) is 0 Å². The van der Waals surface area contributed by atoms with Crippen molar-refractivity contribution >= 4 is 0 Å². The fourth-order valence-electron chi connectivity index (χ4n) is 2.38. The minimum Gasteiger partial charge on any atom is -0.373 e. The number of ether oxygens (including phenoxy) is 1. The molecule has 0 aliphatic carbocycles. The summed E-state index contributed by atoms with van der Waals surface area (Å²) in [6.45, 7) is 9.15. The Balaban J connectivity index is 1.87. The van der Waals surface area contributed by atoms with Gasteiger partial charge in [-0.3, -0.25) is 0 Å². The summed E-state index contributed by atoms with van der Waals surface area (Å²) in [7, 11) is 0. The molecular formula is C12H23NO. The van der Waals surface area contributed by atoms with Crippen LogP contribution in [0.1, 0.15) is 47.0 Å². The van der Waals surface area contributed by atoms with Crippen LogP contribution in [0.15, 0.2) is 0 Å². The van der Waals surface area contributed by atoms with E-state index in [-0.39, 0.29) is 0 Å². The number of nitrogens with one attached hydrogen (secondary N) is 1. The molecule has 0 amide bonds. The number of hydrogen-bond donors (Lipinski definition) is 1. The average Bonchev–Trinajstić information content (AvgIpc) is 2.62. The van der Waals surface area contributed by atoms with E-state index in [2.05, 4.69) is 33.0 Å². The summed E-state index contributed by atoms with van der Waals surface area (Å²) >= 11 is 0. The van der Waals surface area contributed by atoms with Gasteiger partial charge in [0.05, 0.1) is 12.2 Å². The van der Waals surface area contributed by atoms with Gasteiger partial charge in [-0.1, -0.05) is 20.8 Å². The van der Waals surface area contributed by atoms with Crippen LogP contribution >= 0.6 is 0 Å². The molecule has 2 saturated heterocycles. The van der Waals surface area contributed by atoms with Gasteiger partial charge in [-0.05, 0) is 31.6 Å². The fourth-order valence-corrected chi connectivity index (χ4v) is 2.38. The first-order chi connectivity index (χ1) is 6.47. The van der Waals surface area contributed by atoms with E-state index in [1.54, 1.807) is 0 Å². The fraction of sp³-hybridized carbons (Fsp3) is 1.00. The van der Waals surface area contributed by atoms with Gasteiger partial charge < -0.3 is 10.1 Å². The van der Waals surface area contributed by atoms with Gasteiger partial charge in [-0.15, -0.1) is 0 Å². The molecule has 0 saturated carbocycles. The average molecular weight is 197 g/mol. The summed E-state index contributed by atoms with van der Waals surface area (Å²) in [5, 5.41) is 3.73. The first-order valence-corrected chi connectivity index (χ1v) is 5.88. The molecular weight excluding hydrogens is 174 g/mol. The molecule has 2 heterocycles. The highest BCUT2D eigenvalue weighted by Crippen LogP contribution is 2.35. The van der Waals surface area contributed by atoms with E-state index in [1.807, 2.05) is 0 Å². The molecule has 1 N–H and O–H groups in total. The molecule has 2 fully saturated rings. The van der Waals surface area contributed by atoms with E-state index in [0.29, 0.717) is 29.7 Å². The Bertz CT molecular complexity index is 209. The third-order valence-electron chi connectivity index (χ3n) is 3.87. The van der Waals surface area contributed by atoms with Crippen LogP contribution in [0.3, 0.4) is 0 Å². The molecule has 2 aliphatic heterocycles. The standard InChI is InChI=1S/C12H23NO/c1-8(12(2,3)4)13-10-7-9-5-6-11(10)14-9/h8-11,13H,5-7H2,1-4H3. The molecule has 0 aromatic heterocycles. The monoisotopic (exact) mass is 197 g/mol. The smallest absolute Gasteiger partial charge is 0.0733 e. The molecule has 2 aliphatic rings. The lowest BCUT2D eigenvalue weighted by Crippen LogP contribution is -2.47. The van der Waals surface area contributed by atoms with Gasteiger partial charge in [0.15, 0.2) is 0 Å². The largest absolute Gasteiger partial charge is 0.373 e. The summed E-state index contributed by atoms with van der Waals surface area (Å²) in [6.07, 6.45) is 4.84. The Hall–Kier alpha value is -0.0800. The van der Waals surface area contributed by atoms with Crippen LogP contribution in [-0.2, 0) is 4.74 Å². The van der Waals surface area contributed by atoms with E-state index >= 15 is 0 Å². The topological polar surface area (TPSA) is 21.3 Å². The molecule has 0 aromatic carbocycles. The number of rotatable bonds is 2. The molecule has 2 heteroatoms. The Kier molecular flexibility index (Phi) is 2.61. The maximum atomic E-state index is 5.84. The molecule has 2 rings (SSSR count). The van der Waals surface area contributed by atoms with Crippen molar-refractivity contribution in [2.45, 2.75) is 71.2 Å². The molecule has 0 radical (unpaired) electrons. The van der Waals surface area contributed by atoms with E-state index < -0.39 is 0 Å². The summed E-state index contributed by atoms with van der Waals surface area (Å²) < 4.78 is 5.84. The van der Waals surface area contributed by atoms with E-state index in [1.165, 1.54) is 19.3 Å². The third-order valence-corrected chi connectivity index (χ3v) is 3.87. The second-order valence-corrected chi connectivity index (χ2v) is 5.97. The van der Waals surface area contributed by atoms with Crippen molar-refractivity contribution in [1.82, 2.24) is 5.32 Å². The van der Waals surface area contributed by atoms with Crippen molar-refractivity contribution in [3.05, 3.63) is 0 Å². The van der Waals surface area contributed by atoms with E-state index in [9.17, 15) is 0 Å². The maximum Gasteiger partial charge on any atom is 0.0733 e. The van der Waals surface area contributed by atoms with E-state index in [4.69, 9.17) is 4.74 Å². The number of fused-ring (bicyclic) bond motifs is 2. The first-order valence-electron chi connectivity index (χ1n) is 5.88. The Morgan fingerprint density at radius 3 is 2.43 bits per heavy atom. The van der Waals surface area contributed by atoms with Gasteiger partial charge in [0.2, 0.25) is 0 Å². The lowest BCUT2D eigenvalue weighted by Gasteiger charge is -2.33. The molecule has 14 heavy (non-hydrogen) atoms. The summed E-state index contributed by atoms with van der Waals surface area (Å²) in [4.78, 5) is 0. The van der Waals surface area contributed by atoms with Crippen LogP contribution in [0.2, 0.25) is 0 Å². The zero-order valence-corrected chi connectivity index (χ0v) is 9.84. The van der Waals surface area contributed by atoms with Crippen LogP contribution in [0.25, 0.3) is 0 Å². The van der Waals surface area contributed by atoms with Crippen LogP contribution < -0.4 is 5.32 Å². The van der Waals surface area contributed by atoms with Crippen LogP contribution in [0.5, 0.6) is 0 Å². The van der Waals surface area contributed by atoms with Crippen molar-refractivity contribution in [3.63, 3.8) is 0 Å². The summed E-state index contributed by atoms with van der Waals surface area (Å²) in [5.74, 6) is 0. The second-order valence-electron chi connectivity index (χ2n) is 5.97. The van der Waals surface area contributed by atoms with Gasteiger partial charge in [0, 0.05) is 12.1 Å². The van der Waals surface area contributed by atoms with Gasteiger partial charge >= 0.3 is 0 Å². The quantitative estimate of drug-likeness (QED) is 0.733. The van der Waals surface area contributed by atoms with Crippen LogP contribution in [0.4, 0.5) is 0 Å². The van der Waals surface area contributed by atoms with Gasteiger partial charge in [0.1, 0.15) is 0 Å². The predicted molar refractivity (Wildman–Crippen MR) is 58.4 cm³/mol. The SMILES string of the molecule is CC(NC1CC2CCC1O2)C(C)(C)C. The predicted octanol–water partition coefficient (Wildman–Crippen LogP) is 2.33. The zero-order chi connectivity index (χ0) is 10.3. The maximum absolute atomic E-state index is 5.84. The molecule has 4 unspecified atom stereocenters. The van der Waals surface area contributed by atoms with Gasteiger partial charge in [-0.25, -0.2) is 0 Å².